The van der Waals surface area contributed by atoms with E-state index in [1.807, 2.05) is 0 Å². The van der Waals surface area contributed by atoms with Crippen molar-refractivity contribution in [2.75, 3.05) is 7.11 Å². The monoisotopic (exact) mass is 285 g/mol. The van der Waals surface area contributed by atoms with Crippen LogP contribution in [-0.4, -0.2) is 18.1 Å². The molecular formula is C13H16ClNO4. The van der Waals surface area contributed by atoms with Gasteiger partial charge in [-0.05, 0) is 31.7 Å². The number of rotatable bonds is 5. The SMILES string of the molecule is COc1cc(CCl)c([N+](=O)[O-])cc1OC1CCCC1. The summed E-state index contributed by atoms with van der Waals surface area (Å²) >= 11 is 5.73. The quantitative estimate of drug-likeness (QED) is 0.470. The highest BCUT2D eigenvalue weighted by Gasteiger charge is 2.23. The average molecular weight is 286 g/mol. The summed E-state index contributed by atoms with van der Waals surface area (Å²) in [5.74, 6) is 0.985. The zero-order valence-electron chi connectivity index (χ0n) is 10.7. The molecule has 0 aliphatic heterocycles. The van der Waals surface area contributed by atoms with Gasteiger partial charge < -0.3 is 9.47 Å². The zero-order chi connectivity index (χ0) is 13.8. The Kier molecular flexibility index (Phi) is 4.47. The Morgan fingerprint density at radius 1 is 1.37 bits per heavy atom. The lowest BCUT2D eigenvalue weighted by atomic mass is 10.1. The van der Waals surface area contributed by atoms with Crippen molar-refractivity contribution >= 4 is 17.3 Å². The third kappa shape index (κ3) is 3.10. The van der Waals surface area contributed by atoms with Crippen LogP contribution >= 0.6 is 11.6 Å². The van der Waals surface area contributed by atoms with Crippen molar-refractivity contribution in [1.82, 2.24) is 0 Å². The number of ether oxygens (including phenoxy) is 2. The zero-order valence-corrected chi connectivity index (χ0v) is 11.5. The molecule has 5 nitrogen and oxygen atoms in total. The van der Waals surface area contributed by atoms with Crippen molar-refractivity contribution in [3.8, 4) is 11.5 Å². The number of nitrogens with zero attached hydrogens (tertiary/aromatic N) is 1. The first-order valence-corrected chi connectivity index (χ1v) is 6.77. The summed E-state index contributed by atoms with van der Waals surface area (Å²) in [4.78, 5) is 10.6. The van der Waals surface area contributed by atoms with E-state index in [1.165, 1.54) is 13.2 Å². The molecule has 0 radical (unpaired) electrons. The highest BCUT2D eigenvalue weighted by atomic mass is 35.5. The normalized spacial score (nSPS) is 15.5. The standard InChI is InChI=1S/C13H16ClNO4/c1-18-12-6-9(8-14)11(15(16)17)7-13(12)19-10-4-2-3-5-10/h6-7,10H,2-5,8H2,1H3. The molecule has 0 bridgehead atoms. The molecule has 1 saturated carbocycles. The first-order chi connectivity index (χ1) is 9.15. The minimum absolute atomic E-state index is 0.0243. The van der Waals surface area contributed by atoms with E-state index >= 15 is 0 Å². The third-order valence-electron chi connectivity index (χ3n) is 3.30. The molecule has 1 aliphatic carbocycles. The summed E-state index contributed by atoms with van der Waals surface area (Å²) in [6.45, 7) is 0. The van der Waals surface area contributed by atoms with Crippen LogP contribution in [0.15, 0.2) is 12.1 Å². The van der Waals surface area contributed by atoms with Crippen molar-refractivity contribution in [2.45, 2.75) is 37.7 Å². The second kappa shape index (κ2) is 6.10. The summed E-state index contributed by atoms with van der Waals surface area (Å²) in [5.41, 5.74) is 0.408. The Morgan fingerprint density at radius 3 is 2.58 bits per heavy atom. The maximum absolute atomic E-state index is 11.0. The molecule has 0 heterocycles. The number of benzene rings is 1. The van der Waals surface area contributed by atoms with Gasteiger partial charge in [-0.25, -0.2) is 0 Å². The summed E-state index contributed by atoms with van der Waals surface area (Å²) < 4.78 is 11.0. The molecule has 1 aromatic carbocycles. The predicted octanol–water partition coefficient (Wildman–Crippen LogP) is 3.66. The Morgan fingerprint density at radius 2 is 2.05 bits per heavy atom. The molecule has 0 unspecified atom stereocenters. The second-order valence-electron chi connectivity index (χ2n) is 4.55. The van der Waals surface area contributed by atoms with Crippen LogP contribution in [0.1, 0.15) is 31.2 Å². The summed E-state index contributed by atoms with van der Waals surface area (Å²) in [5, 5.41) is 11.0. The molecule has 19 heavy (non-hydrogen) atoms. The lowest BCUT2D eigenvalue weighted by molar-refractivity contribution is -0.385. The Bertz CT molecular complexity index is 472. The molecule has 0 N–H and O–H groups in total. The van der Waals surface area contributed by atoms with E-state index in [1.54, 1.807) is 6.07 Å². The number of nitro groups is 1. The Balaban J connectivity index is 2.34. The van der Waals surface area contributed by atoms with Crippen molar-refractivity contribution in [2.24, 2.45) is 0 Å². The van der Waals surface area contributed by atoms with Gasteiger partial charge in [-0.1, -0.05) is 0 Å². The van der Waals surface area contributed by atoms with E-state index in [4.69, 9.17) is 21.1 Å². The fourth-order valence-electron chi connectivity index (χ4n) is 2.31. The number of methoxy groups -OCH3 is 1. The van der Waals surface area contributed by atoms with Gasteiger partial charge in [0.25, 0.3) is 5.69 Å². The van der Waals surface area contributed by atoms with Crippen molar-refractivity contribution in [1.29, 1.82) is 0 Å². The molecule has 6 heteroatoms. The maximum Gasteiger partial charge on any atom is 0.277 e. The summed E-state index contributed by atoms with van der Waals surface area (Å²) in [6.07, 6.45) is 4.35. The van der Waals surface area contributed by atoms with Gasteiger partial charge in [0.1, 0.15) is 0 Å². The number of hydrogen-bond donors (Lipinski definition) is 0. The fourth-order valence-corrected chi connectivity index (χ4v) is 2.52. The Hall–Kier alpha value is -1.49. The van der Waals surface area contributed by atoms with E-state index in [0.29, 0.717) is 17.1 Å². The van der Waals surface area contributed by atoms with E-state index in [0.717, 1.165) is 25.7 Å². The van der Waals surface area contributed by atoms with Gasteiger partial charge in [-0.2, -0.15) is 0 Å². The molecule has 0 aromatic heterocycles. The van der Waals surface area contributed by atoms with Crippen LogP contribution in [0.25, 0.3) is 0 Å². The molecule has 0 atom stereocenters. The van der Waals surface area contributed by atoms with Crippen LogP contribution in [0, 0.1) is 10.1 Å². The van der Waals surface area contributed by atoms with Gasteiger partial charge in [-0.15, -0.1) is 11.6 Å². The molecule has 1 fully saturated rings. The van der Waals surface area contributed by atoms with Crippen LogP contribution in [-0.2, 0) is 5.88 Å². The number of nitro benzene ring substituents is 1. The Labute approximate surface area is 116 Å². The van der Waals surface area contributed by atoms with E-state index in [2.05, 4.69) is 0 Å². The van der Waals surface area contributed by atoms with Crippen molar-refractivity contribution < 1.29 is 14.4 Å². The second-order valence-corrected chi connectivity index (χ2v) is 4.81. The fraction of sp³-hybridized carbons (Fsp3) is 0.538. The number of halogens is 1. The first-order valence-electron chi connectivity index (χ1n) is 6.23. The highest BCUT2D eigenvalue weighted by Crippen LogP contribution is 2.37. The molecule has 0 amide bonds. The van der Waals surface area contributed by atoms with E-state index in [9.17, 15) is 10.1 Å². The lowest BCUT2D eigenvalue weighted by Gasteiger charge is -2.16. The molecule has 0 spiro atoms. The molecule has 1 aromatic rings. The third-order valence-corrected chi connectivity index (χ3v) is 3.59. The molecular weight excluding hydrogens is 270 g/mol. The average Bonchev–Trinajstić information content (AvgIpc) is 2.91. The van der Waals surface area contributed by atoms with Gasteiger partial charge >= 0.3 is 0 Å². The van der Waals surface area contributed by atoms with Crippen LogP contribution in [0.5, 0.6) is 11.5 Å². The smallest absolute Gasteiger partial charge is 0.277 e. The predicted molar refractivity (Wildman–Crippen MR) is 72.1 cm³/mol. The summed E-state index contributed by atoms with van der Waals surface area (Å²) in [6, 6.07) is 2.99. The largest absolute Gasteiger partial charge is 0.493 e. The van der Waals surface area contributed by atoms with Crippen LogP contribution in [0.4, 0.5) is 5.69 Å². The summed E-state index contributed by atoms with van der Waals surface area (Å²) in [7, 11) is 1.51. The van der Waals surface area contributed by atoms with E-state index in [-0.39, 0.29) is 17.7 Å². The number of alkyl halides is 1. The van der Waals surface area contributed by atoms with E-state index < -0.39 is 4.92 Å². The molecule has 104 valence electrons. The van der Waals surface area contributed by atoms with Crippen LogP contribution < -0.4 is 9.47 Å². The minimum Gasteiger partial charge on any atom is -0.493 e. The molecule has 2 rings (SSSR count). The van der Waals surface area contributed by atoms with Gasteiger partial charge in [0.05, 0.1) is 30.1 Å². The van der Waals surface area contributed by atoms with Gasteiger partial charge in [0.2, 0.25) is 0 Å². The first kappa shape index (κ1) is 13.9. The minimum atomic E-state index is -0.446. The van der Waals surface area contributed by atoms with Crippen LogP contribution in [0.3, 0.4) is 0 Å². The number of hydrogen-bond acceptors (Lipinski definition) is 4. The van der Waals surface area contributed by atoms with Crippen molar-refractivity contribution in [3.05, 3.63) is 27.8 Å². The maximum atomic E-state index is 11.0. The molecule has 1 aliphatic rings. The van der Waals surface area contributed by atoms with Gasteiger partial charge in [0.15, 0.2) is 11.5 Å². The van der Waals surface area contributed by atoms with Gasteiger partial charge in [0, 0.05) is 5.56 Å². The topological polar surface area (TPSA) is 61.6 Å². The van der Waals surface area contributed by atoms with Crippen LogP contribution in [0.2, 0.25) is 0 Å². The van der Waals surface area contributed by atoms with Gasteiger partial charge in [-0.3, -0.25) is 10.1 Å². The molecule has 0 saturated heterocycles. The van der Waals surface area contributed by atoms with Crippen molar-refractivity contribution in [3.63, 3.8) is 0 Å². The lowest BCUT2D eigenvalue weighted by Crippen LogP contribution is -2.12. The highest BCUT2D eigenvalue weighted by molar-refractivity contribution is 6.17.